The van der Waals surface area contributed by atoms with E-state index < -0.39 is 36.4 Å². The fourth-order valence-corrected chi connectivity index (χ4v) is 4.10. The number of benzene rings is 1. The molecule has 3 heterocycles. The molecule has 0 radical (unpaired) electrons. The minimum Gasteiger partial charge on any atom is -0.465 e. The van der Waals surface area contributed by atoms with Crippen LogP contribution in [0.3, 0.4) is 0 Å². The Balaban J connectivity index is 1.62. The fourth-order valence-electron chi connectivity index (χ4n) is 4.10. The average molecular weight is 484 g/mol. The molecule has 188 valence electrons. The zero-order chi connectivity index (χ0) is 25.8. The zero-order valence-electron chi connectivity index (χ0n) is 21.3. The summed E-state index contributed by atoms with van der Waals surface area (Å²) in [5.74, 6) is -0.250. The SMILES string of the molecule is CC(C)(C)c1nnc(C(=O)N[C@@H]2CCN(C(=O)O)Cc3cc(B4OC(C)(C)C(C)(C)O4)ccc32)o1. The third-order valence-electron chi connectivity index (χ3n) is 6.95. The summed E-state index contributed by atoms with van der Waals surface area (Å²) in [5.41, 5.74) is 1.04. The number of nitrogens with zero attached hydrogens (tertiary/aromatic N) is 3. The molecule has 2 N–H and O–H groups in total. The molecule has 35 heavy (non-hydrogen) atoms. The normalized spacial score (nSPS) is 21.4. The van der Waals surface area contributed by atoms with Crippen LogP contribution in [0.4, 0.5) is 4.79 Å². The summed E-state index contributed by atoms with van der Waals surface area (Å²) in [5, 5.41) is 20.5. The van der Waals surface area contributed by atoms with Gasteiger partial charge in [-0.25, -0.2) is 4.79 Å². The summed E-state index contributed by atoms with van der Waals surface area (Å²) < 4.78 is 17.9. The summed E-state index contributed by atoms with van der Waals surface area (Å²) in [6.07, 6.45) is -0.614. The first-order valence-corrected chi connectivity index (χ1v) is 11.8. The maximum atomic E-state index is 12.9. The quantitative estimate of drug-likeness (QED) is 0.637. The van der Waals surface area contributed by atoms with Crippen molar-refractivity contribution in [2.24, 2.45) is 0 Å². The van der Waals surface area contributed by atoms with Crippen LogP contribution in [0.25, 0.3) is 0 Å². The van der Waals surface area contributed by atoms with E-state index in [9.17, 15) is 14.7 Å². The highest BCUT2D eigenvalue weighted by molar-refractivity contribution is 6.62. The third kappa shape index (κ3) is 4.92. The summed E-state index contributed by atoms with van der Waals surface area (Å²) in [6.45, 7) is 14.1. The third-order valence-corrected chi connectivity index (χ3v) is 6.95. The largest absolute Gasteiger partial charge is 0.494 e. The highest BCUT2D eigenvalue weighted by Crippen LogP contribution is 2.37. The monoisotopic (exact) mass is 484 g/mol. The number of aromatic nitrogens is 2. The number of fused-ring (bicyclic) bond motifs is 1. The van der Waals surface area contributed by atoms with Crippen molar-refractivity contribution in [2.45, 2.75) is 84.1 Å². The van der Waals surface area contributed by atoms with E-state index in [1.807, 2.05) is 66.7 Å². The van der Waals surface area contributed by atoms with Crippen LogP contribution in [-0.2, 0) is 21.3 Å². The van der Waals surface area contributed by atoms with E-state index in [-0.39, 0.29) is 24.4 Å². The van der Waals surface area contributed by atoms with Crippen molar-refractivity contribution in [1.82, 2.24) is 20.4 Å². The van der Waals surface area contributed by atoms with Gasteiger partial charge in [-0.3, -0.25) is 4.79 Å². The summed E-state index contributed by atoms with van der Waals surface area (Å²) in [6, 6.07) is 5.28. The molecule has 2 aliphatic heterocycles. The summed E-state index contributed by atoms with van der Waals surface area (Å²) >= 11 is 0. The van der Waals surface area contributed by atoms with E-state index in [2.05, 4.69) is 15.5 Å². The smallest absolute Gasteiger partial charge is 0.465 e. The number of rotatable bonds is 3. The molecule has 0 spiro atoms. The number of nitrogens with one attached hydrogen (secondary N) is 1. The Morgan fingerprint density at radius 1 is 1.14 bits per heavy atom. The van der Waals surface area contributed by atoms with Crippen molar-refractivity contribution in [3.05, 3.63) is 41.1 Å². The molecule has 1 saturated heterocycles. The molecule has 0 aliphatic carbocycles. The van der Waals surface area contributed by atoms with Gasteiger partial charge in [0.05, 0.1) is 17.2 Å². The lowest BCUT2D eigenvalue weighted by molar-refractivity contribution is 0.00578. The first kappa shape index (κ1) is 25.2. The van der Waals surface area contributed by atoms with Crippen LogP contribution in [0.1, 0.15) is 88.6 Å². The van der Waals surface area contributed by atoms with Crippen LogP contribution in [0.15, 0.2) is 22.6 Å². The lowest BCUT2D eigenvalue weighted by atomic mass is 9.77. The predicted octanol–water partition coefficient (Wildman–Crippen LogP) is 3.02. The molecule has 1 fully saturated rings. The Bertz CT molecular complexity index is 1120. The van der Waals surface area contributed by atoms with Crippen molar-refractivity contribution < 1.29 is 28.4 Å². The number of hydrogen-bond acceptors (Lipinski definition) is 7. The highest BCUT2D eigenvalue weighted by atomic mass is 16.7. The van der Waals surface area contributed by atoms with Gasteiger partial charge in [0.15, 0.2) is 0 Å². The lowest BCUT2D eigenvalue weighted by Crippen LogP contribution is -2.41. The maximum absolute atomic E-state index is 12.9. The number of carboxylic acid groups (broad SMARTS) is 1. The molecule has 1 aromatic carbocycles. The molecule has 0 saturated carbocycles. The van der Waals surface area contributed by atoms with Gasteiger partial charge in [0.1, 0.15) is 0 Å². The van der Waals surface area contributed by atoms with Crippen LogP contribution < -0.4 is 10.8 Å². The number of carbonyl (C=O) groups is 2. The van der Waals surface area contributed by atoms with Gasteiger partial charge < -0.3 is 29.0 Å². The predicted molar refractivity (Wildman–Crippen MR) is 128 cm³/mol. The highest BCUT2D eigenvalue weighted by Gasteiger charge is 2.51. The second-order valence-electron chi connectivity index (χ2n) is 11.2. The number of hydrogen-bond donors (Lipinski definition) is 2. The molecule has 0 unspecified atom stereocenters. The van der Waals surface area contributed by atoms with Crippen molar-refractivity contribution >= 4 is 24.6 Å². The molecule has 11 heteroatoms. The molecule has 2 amide bonds. The van der Waals surface area contributed by atoms with Crippen LogP contribution in [0, 0.1) is 0 Å². The second-order valence-corrected chi connectivity index (χ2v) is 11.2. The van der Waals surface area contributed by atoms with Crippen molar-refractivity contribution in [1.29, 1.82) is 0 Å². The molecular formula is C24H33BN4O6. The molecule has 4 rings (SSSR count). The lowest BCUT2D eigenvalue weighted by Gasteiger charge is -2.32. The van der Waals surface area contributed by atoms with Crippen LogP contribution in [0.2, 0.25) is 0 Å². The van der Waals surface area contributed by atoms with Crippen molar-refractivity contribution in [3.8, 4) is 0 Å². The summed E-state index contributed by atoms with van der Waals surface area (Å²) in [4.78, 5) is 26.1. The standard InChI is InChI=1S/C24H33BN4O6/c1-22(2,3)20-28-27-19(33-20)18(30)26-17-10-11-29(21(31)32)13-14-12-15(8-9-16(14)17)25-34-23(4,5)24(6,7)35-25/h8-9,12,17H,10-11,13H2,1-7H3,(H,26,30)(H,31,32)/t17-/m1/s1. The van der Waals surface area contributed by atoms with Gasteiger partial charge in [0, 0.05) is 18.5 Å². The minimum absolute atomic E-state index is 0.121. The first-order chi connectivity index (χ1) is 16.2. The van der Waals surface area contributed by atoms with Gasteiger partial charge in [-0.2, -0.15) is 0 Å². The minimum atomic E-state index is -1.02. The van der Waals surface area contributed by atoms with Crippen molar-refractivity contribution in [3.63, 3.8) is 0 Å². The van der Waals surface area contributed by atoms with Crippen LogP contribution >= 0.6 is 0 Å². The number of amides is 2. The molecular weight excluding hydrogens is 451 g/mol. The van der Waals surface area contributed by atoms with Gasteiger partial charge in [0.2, 0.25) is 5.89 Å². The first-order valence-electron chi connectivity index (χ1n) is 11.8. The number of carbonyl (C=O) groups excluding carboxylic acids is 1. The Morgan fingerprint density at radius 3 is 2.37 bits per heavy atom. The Labute approximate surface area is 205 Å². The Morgan fingerprint density at radius 2 is 1.80 bits per heavy atom. The van der Waals surface area contributed by atoms with Crippen LogP contribution in [0.5, 0.6) is 0 Å². The van der Waals surface area contributed by atoms with Crippen LogP contribution in [-0.4, -0.2) is 57.1 Å². The van der Waals surface area contributed by atoms with Gasteiger partial charge in [-0.15, -0.1) is 10.2 Å². The Kier molecular flexibility index (Phi) is 6.21. The van der Waals surface area contributed by atoms with Gasteiger partial charge in [-0.05, 0) is 50.7 Å². The molecule has 1 atom stereocenters. The van der Waals surface area contributed by atoms with E-state index in [0.29, 0.717) is 12.3 Å². The topological polar surface area (TPSA) is 127 Å². The Hall–Kier alpha value is -2.92. The molecule has 2 aromatic rings. The van der Waals surface area contributed by atoms with E-state index in [4.69, 9.17) is 13.7 Å². The summed E-state index contributed by atoms with van der Waals surface area (Å²) in [7, 11) is -0.575. The van der Waals surface area contributed by atoms with Crippen molar-refractivity contribution in [2.75, 3.05) is 6.54 Å². The van der Waals surface area contributed by atoms with E-state index in [1.54, 1.807) is 0 Å². The molecule has 10 nitrogen and oxygen atoms in total. The molecule has 2 aliphatic rings. The maximum Gasteiger partial charge on any atom is 0.494 e. The van der Waals surface area contributed by atoms with E-state index in [1.165, 1.54) is 4.90 Å². The fraction of sp³-hybridized carbons (Fsp3) is 0.583. The van der Waals surface area contributed by atoms with E-state index in [0.717, 1.165) is 16.6 Å². The van der Waals surface area contributed by atoms with E-state index >= 15 is 0 Å². The second kappa shape index (κ2) is 8.63. The zero-order valence-corrected chi connectivity index (χ0v) is 21.3. The average Bonchev–Trinajstić information content (AvgIpc) is 3.27. The molecule has 0 bridgehead atoms. The van der Waals surface area contributed by atoms with Gasteiger partial charge >= 0.3 is 25.0 Å². The van der Waals surface area contributed by atoms with Gasteiger partial charge in [-0.1, -0.05) is 39.0 Å². The van der Waals surface area contributed by atoms with Gasteiger partial charge in [0.25, 0.3) is 0 Å². The molecule has 1 aromatic heterocycles.